The van der Waals surface area contributed by atoms with E-state index in [0.717, 1.165) is 13.1 Å². The van der Waals surface area contributed by atoms with Crippen LogP contribution in [0.15, 0.2) is 6.20 Å². The smallest absolute Gasteiger partial charge is 0.184 e. The van der Waals surface area contributed by atoms with Gasteiger partial charge in [-0.3, -0.25) is 9.48 Å². The Bertz CT molecular complexity index is 428. The molecule has 1 aromatic rings. The van der Waals surface area contributed by atoms with Gasteiger partial charge in [-0.1, -0.05) is 6.92 Å². The molecule has 20 heavy (non-hydrogen) atoms. The fraction of sp³-hybridized carbons (Fsp3) is 0.733. The number of hydrogen-bond donors (Lipinski definition) is 1. The quantitative estimate of drug-likeness (QED) is 0.810. The van der Waals surface area contributed by atoms with Gasteiger partial charge in [0.15, 0.2) is 11.5 Å². The molecule has 1 N–H and O–H groups in total. The van der Waals surface area contributed by atoms with Gasteiger partial charge in [0, 0.05) is 13.0 Å². The number of rotatable bonds is 6. The number of nitrogens with zero attached hydrogens (tertiary/aromatic N) is 2. The number of ether oxygens (including phenoxy) is 1. The van der Waals surface area contributed by atoms with Gasteiger partial charge in [0.25, 0.3) is 0 Å². The van der Waals surface area contributed by atoms with E-state index in [4.69, 9.17) is 4.74 Å². The van der Waals surface area contributed by atoms with Gasteiger partial charge >= 0.3 is 0 Å². The van der Waals surface area contributed by atoms with E-state index < -0.39 is 0 Å². The Balaban J connectivity index is 2.05. The lowest BCUT2D eigenvalue weighted by Crippen LogP contribution is -2.34. The maximum absolute atomic E-state index is 12.6. The third-order valence-electron chi connectivity index (χ3n) is 4.24. The van der Waals surface area contributed by atoms with E-state index in [-0.39, 0.29) is 5.78 Å². The molecule has 0 amide bonds. The Morgan fingerprint density at radius 1 is 1.65 bits per heavy atom. The summed E-state index contributed by atoms with van der Waals surface area (Å²) in [6, 6.07) is 0. The summed E-state index contributed by atoms with van der Waals surface area (Å²) < 4.78 is 6.99. The molecule has 1 saturated heterocycles. The minimum atomic E-state index is 0.138. The highest BCUT2D eigenvalue weighted by Gasteiger charge is 2.25. The lowest BCUT2D eigenvalue weighted by Gasteiger charge is -2.28. The predicted molar refractivity (Wildman–Crippen MR) is 78.2 cm³/mol. The summed E-state index contributed by atoms with van der Waals surface area (Å²) in [4.78, 5) is 12.6. The number of Topliss-reactive ketones (excluding diaryl/α,β-unsaturated/α-hetero) is 1. The first-order valence-electron chi connectivity index (χ1n) is 7.51. The highest BCUT2D eigenvalue weighted by molar-refractivity contribution is 5.97. The van der Waals surface area contributed by atoms with E-state index in [0.29, 0.717) is 36.2 Å². The summed E-state index contributed by atoms with van der Waals surface area (Å²) in [7, 11) is 1.59. The Labute approximate surface area is 120 Å². The number of nitrogens with one attached hydrogen (secondary N) is 1. The van der Waals surface area contributed by atoms with Crippen LogP contribution in [0.3, 0.4) is 0 Å². The number of hydrogen-bond acceptors (Lipinski definition) is 4. The summed E-state index contributed by atoms with van der Waals surface area (Å²) in [6.45, 7) is 6.97. The molecule has 0 saturated carbocycles. The summed E-state index contributed by atoms with van der Waals surface area (Å²) in [5.41, 5.74) is 0.616. The number of aryl methyl sites for hydroxylation is 1. The van der Waals surface area contributed by atoms with Crippen molar-refractivity contribution in [3.8, 4) is 5.75 Å². The van der Waals surface area contributed by atoms with Crippen LogP contribution in [0.1, 0.15) is 43.6 Å². The number of carbonyl (C=O) groups excluding carboxylic acids is 1. The van der Waals surface area contributed by atoms with Gasteiger partial charge < -0.3 is 10.1 Å². The second kappa shape index (κ2) is 6.88. The molecule has 2 unspecified atom stereocenters. The van der Waals surface area contributed by atoms with E-state index in [1.807, 2.05) is 6.92 Å². The van der Waals surface area contributed by atoms with E-state index >= 15 is 0 Å². The molecular weight excluding hydrogens is 254 g/mol. The molecule has 5 nitrogen and oxygen atoms in total. The third kappa shape index (κ3) is 3.20. The molecular formula is C15H25N3O2. The van der Waals surface area contributed by atoms with Crippen LogP contribution in [0.4, 0.5) is 0 Å². The topological polar surface area (TPSA) is 56.2 Å². The number of methoxy groups -OCH3 is 1. The molecule has 0 spiro atoms. The first-order chi connectivity index (χ1) is 9.67. The molecule has 2 atom stereocenters. The van der Waals surface area contributed by atoms with Gasteiger partial charge in [-0.25, -0.2) is 0 Å². The van der Waals surface area contributed by atoms with E-state index in [2.05, 4.69) is 17.3 Å². The molecule has 1 fully saturated rings. The second-order valence-corrected chi connectivity index (χ2v) is 5.59. The minimum absolute atomic E-state index is 0.138. The zero-order valence-electron chi connectivity index (χ0n) is 12.7. The number of ketones is 1. The van der Waals surface area contributed by atoms with Gasteiger partial charge in [0.2, 0.25) is 0 Å². The average molecular weight is 279 g/mol. The van der Waals surface area contributed by atoms with E-state index in [9.17, 15) is 4.79 Å². The third-order valence-corrected chi connectivity index (χ3v) is 4.24. The van der Waals surface area contributed by atoms with Gasteiger partial charge in [0.1, 0.15) is 5.69 Å². The molecule has 0 aromatic carbocycles. The van der Waals surface area contributed by atoms with Gasteiger partial charge in [-0.15, -0.1) is 0 Å². The zero-order chi connectivity index (χ0) is 14.5. The van der Waals surface area contributed by atoms with Crippen LogP contribution in [0.5, 0.6) is 5.75 Å². The number of aromatic nitrogens is 2. The number of carbonyl (C=O) groups is 1. The predicted octanol–water partition coefficient (Wildman–Crippen LogP) is 2.12. The van der Waals surface area contributed by atoms with Crippen LogP contribution in [0.25, 0.3) is 0 Å². The fourth-order valence-corrected chi connectivity index (χ4v) is 2.96. The molecule has 112 valence electrons. The van der Waals surface area contributed by atoms with E-state index in [1.165, 1.54) is 12.8 Å². The summed E-state index contributed by atoms with van der Waals surface area (Å²) >= 11 is 0. The lowest BCUT2D eigenvalue weighted by atomic mass is 9.84. The molecule has 1 aromatic heterocycles. The first kappa shape index (κ1) is 15.0. The van der Waals surface area contributed by atoms with Crippen LogP contribution in [0.2, 0.25) is 0 Å². The highest BCUT2D eigenvalue weighted by atomic mass is 16.5. The molecule has 2 rings (SSSR count). The van der Waals surface area contributed by atoms with Crippen molar-refractivity contribution in [2.24, 2.45) is 11.8 Å². The van der Waals surface area contributed by atoms with E-state index in [1.54, 1.807) is 18.0 Å². The summed E-state index contributed by atoms with van der Waals surface area (Å²) in [5, 5.41) is 7.62. The van der Waals surface area contributed by atoms with Crippen LogP contribution in [0, 0.1) is 11.8 Å². The van der Waals surface area contributed by atoms with Crippen molar-refractivity contribution in [2.45, 2.75) is 39.7 Å². The Kier molecular flexibility index (Phi) is 5.17. The van der Waals surface area contributed by atoms with Crippen LogP contribution in [-0.2, 0) is 6.54 Å². The van der Waals surface area contributed by atoms with Crippen molar-refractivity contribution in [3.05, 3.63) is 11.9 Å². The standard InChI is InChI=1S/C15H25N3O2/c1-4-18-15(14(20-3)10-17-18)13(19)8-11(2)12-6-5-7-16-9-12/h10-12,16H,4-9H2,1-3H3. The molecule has 0 radical (unpaired) electrons. The Morgan fingerprint density at radius 3 is 3.05 bits per heavy atom. The SMILES string of the molecule is CCn1ncc(OC)c1C(=O)CC(C)C1CCCNC1. The van der Waals surface area contributed by atoms with Gasteiger partial charge in [-0.05, 0) is 44.7 Å². The van der Waals surface area contributed by atoms with Crippen LogP contribution < -0.4 is 10.1 Å². The van der Waals surface area contributed by atoms with Gasteiger partial charge in [0.05, 0.1) is 13.3 Å². The summed E-state index contributed by atoms with van der Waals surface area (Å²) in [5.74, 6) is 1.71. The van der Waals surface area contributed by atoms with Crippen LogP contribution in [-0.4, -0.2) is 35.8 Å². The monoisotopic (exact) mass is 279 g/mol. The van der Waals surface area contributed by atoms with Crippen LogP contribution >= 0.6 is 0 Å². The van der Waals surface area contributed by atoms with Gasteiger partial charge in [-0.2, -0.15) is 5.10 Å². The first-order valence-corrected chi connectivity index (χ1v) is 7.51. The molecule has 5 heteroatoms. The Morgan fingerprint density at radius 2 is 2.45 bits per heavy atom. The number of piperidine rings is 1. The summed E-state index contributed by atoms with van der Waals surface area (Å²) in [6.07, 6.45) is 4.61. The largest absolute Gasteiger partial charge is 0.493 e. The molecule has 0 aliphatic carbocycles. The lowest BCUT2D eigenvalue weighted by molar-refractivity contribution is 0.0929. The molecule has 1 aliphatic rings. The van der Waals surface area contributed by atoms with Crippen molar-refractivity contribution < 1.29 is 9.53 Å². The van der Waals surface area contributed by atoms with Crippen molar-refractivity contribution in [2.75, 3.05) is 20.2 Å². The molecule has 0 bridgehead atoms. The average Bonchev–Trinajstić information content (AvgIpc) is 2.91. The van der Waals surface area contributed by atoms with Crippen molar-refractivity contribution in [1.29, 1.82) is 0 Å². The molecule has 1 aliphatic heterocycles. The molecule has 2 heterocycles. The van der Waals surface area contributed by atoms with Crippen molar-refractivity contribution in [3.63, 3.8) is 0 Å². The minimum Gasteiger partial charge on any atom is -0.493 e. The maximum atomic E-state index is 12.6. The normalized spacial score (nSPS) is 20.6. The van der Waals surface area contributed by atoms with Crippen molar-refractivity contribution >= 4 is 5.78 Å². The Hall–Kier alpha value is -1.36. The highest BCUT2D eigenvalue weighted by Crippen LogP contribution is 2.26. The zero-order valence-corrected chi connectivity index (χ0v) is 12.7. The van der Waals surface area contributed by atoms with Crippen molar-refractivity contribution in [1.82, 2.24) is 15.1 Å². The maximum Gasteiger partial charge on any atom is 0.184 e. The second-order valence-electron chi connectivity index (χ2n) is 5.59. The fourth-order valence-electron chi connectivity index (χ4n) is 2.96.